The van der Waals surface area contributed by atoms with Crippen molar-refractivity contribution in [2.75, 3.05) is 0 Å². The standard InChI is InChI=1S/C13H15F2NO2/c1-4-9-5-10(18-13(14)15)6-11(8(2)3)12(9)16-7-17/h5-6,8,13H,4H2,1-3H3. The van der Waals surface area contributed by atoms with E-state index in [0.29, 0.717) is 23.2 Å². The van der Waals surface area contributed by atoms with Gasteiger partial charge in [-0.05, 0) is 35.6 Å². The molecule has 0 atom stereocenters. The van der Waals surface area contributed by atoms with Gasteiger partial charge in [-0.1, -0.05) is 20.8 Å². The Morgan fingerprint density at radius 2 is 2.06 bits per heavy atom. The van der Waals surface area contributed by atoms with Gasteiger partial charge >= 0.3 is 6.61 Å². The number of halogens is 2. The van der Waals surface area contributed by atoms with E-state index in [1.54, 1.807) is 0 Å². The van der Waals surface area contributed by atoms with E-state index in [1.165, 1.54) is 18.2 Å². The zero-order chi connectivity index (χ0) is 13.7. The predicted molar refractivity (Wildman–Crippen MR) is 64.3 cm³/mol. The smallest absolute Gasteiger partial charge is 0.387 e. The molecule has 0 radical (unpaired) electrons. The maximum atomic E-state index is 12.2. The minimum atomic E-state index is -2.87. The molecular formula is C13H15F2NO2. The second-order valence-electron chi connectivity index (χ2n) is 4.11. The summed E-state index contributed by atoms with van der Waals surface area (Å²) in [5.74, 6) is 0.138. The molecule has 0 aliphatic rings. The molecule has 0 aliphatic carbocycles. The number of isocyanates is 1. The molecule has 0 N–H and O–H groups in total. The summed E-state index contributed by atoms with van der Waals surface area (Å²) in [5, 5.41) is 0. The van der Waals surface area contributed by atoms with Crippen LogP contribution in [0.5, 0.6) is 5.75 Å². The highest BCUT2D eigenvalue weighted by atomic mass is 19.3. The van der Waals surface area contributed by atoms with Gasteiger partial charge in [-0.3, -0.25) is 0 Å². The first-order valence-corrected chi connectivity index (χ1v) is 5.69. The minimum absolute atomic E-state index is 0.0450. The van der Waals surface area contributed by atoms with Crippen LogP contribution in [-0.4, -0.2) is 12.7 Å². The van der Waals surface area contributed by atoms with Gasteiger partial charge in [0.05, 0.1) is 5.69 Å². The van der Waals surface area contributed by atoms with E-state index in [4.69, 9.17) is 0 Å². The highest BCUT2D eigenvalue weighted by Crippen LogP contribution is 2.35. The van der Waals surface area contributed by atoms with Crippen molar-refractivity contribution in [2.45, 2.75) is 39.7 Å². The summed E-state index contributed by atoms with van der Waals surface area (Å²) < 4.78 is 28.9. The summed E-state index contributed by atoms with van der Waals surface area (Å²) in [6.07, 6.45) is 2.07. The molecule has 0 unspecified atom stereocenters. The van der Waals surface area contributed by atoms with E-state index in [1.807, 2.05) is 20.8 Å². The van der Waals surface area contributed by atoms with Crippen molar-refractivity contribution in [3.63, 3.8) is 0 Å². The first-order chi connectivity index (χ1) is 8.49. The maximum absolute atomic E-state index is 12.2. The Morgan fingerprint density at radius 1 is 1.39 bits per heavy atom. The van der Waals surface area contributed by atoms with E-state index >= 15 is 0 Å². The molecule has 1 rings (SSSR count). The summed E-state index contributed by atoms with van der Waals surface area (Å²) in [6, 6.07) is 2.97. The van der Waals surface area contributed by atoms with E-state index in [9.17, 15) is 13.6 Å². The average molecular weight is 255 g/mol. The van der Waals surface area contributed by atoms with Crippen LogP contribution in [0.2, 0.25) is 0 Å². The molecule has 0 bridgehead atoms. The second-order valence-corrected chi connectivity index (χ2v) is 4.11. The number of hydrogen-bond acceptors (Lipinski definition) is 3. The van der Waals surface area contributed by atoms with Crippen molar-refractivity contribution < 1.29 is 18.3 Å². The van der Waals surface area contributed by atoms with E-state index in [2.05, 4.69) is 9.73 Å². The van der Waals surface area contributed by atoms with Crippen molar-refractivity contribution >= 4 is 11.8 Å². The fraction of sp³-hybridized carbons (Fsp3) is 0.462. The lowest BCUT2D eigenvalue weighted by Gasteiger charge is -2.15. The average Bonchev–Trinajstić information content (AvgIpc) is 2.29. The van der Waals surface area contributed by atoms with Gasteiger partial charge in [0.15, 0.2) is 0 Å². The van der Waals surface area contributed by atoms with Gasteiger partial charge in [0.1, 0.15) is 5.75 Å². The number of alkyl halides is 2. The quantitative estimate of drug-likeness (QED) is 0.590. The summed E-state index contributed by atoms with van der Waals surface area (Å²) in [6.45, 7) is 2.78. The third-order valence-electron chi connectivity index (χ3n) is 2.58. The van der Waals surface area contributed by atoms with Gasteiger partial charge in [0.2, 0.25) is 6.08 Å². The fourth-order valence-electron chi connectivity index (χ4n) is 1.75. The van der Waals surface area contributed by atoms with Gasteiger partial charge in [0, 0.05) is 0 Å². The Morgan fingerprint density at radius 3 is 2.50 bits per heavy atom. The predicted octanol–water partition coefficient (Wildman–Crippen LogP) is 3.94. The van der Waals surface area contributed by atoms with Gasteiger partial charge < -0.3 is 4.74 Å². The van der Waals surface area contributed by atoms with Crippen LogP contribution in [0.3, 0.4) is 0 Å². The van der Waals surface area contributed by atoms with Gasteiger partial charge in [-0.25, -0.2) is 4.79 Å². The van der Waals surface area contributed by atoms with E-state index in [-0.39, 0.29) is 11.7 Å². The molecule has 5 heteroatoms. The highest BCUT2D eigenvalue weighted by molar-refractivity contribution is 5.62. The summed E-state index contributed by atoms with van der Waals surface area (Å²) >= 11 is 0. The van der Waals surface area contributed by atoms with Crippen LogP contribution in [0.1, 0.15) is 37.8 Å². The number of rotatable bonds is 5. The normalized spacial score (nSPS) is 10.6. The van der Waals surface area contributed by atoms with Crippen LogP contribution >= 0.6 is 0 Å². The molecule has 0 aromatic heterocycles. The van der Waals surface area contributed by atoms with Gasteiger partial charge in [-0.2, -0.15) is 13.8 Å². The topological polar surface area (TPSA) is 38.7 Å². The summed E-state index contributed by atoms with van der Waals surface area (Å²) in [4.78, 5) is 14.1. The maximum Gasteiger partial charge on any atom is 0.387 e. The number of ether oxygens (including phenoxy) is 1. The molecule has 1 aromatic rings. The lowest BCUT2D eigenvalue weighted by atomic mass is 9.96. The molecule has 0 aliphatic heterocycles. The zero-order valence-electron chi connectivity index (χ0n) is 10.5. The fourth-order valence-corrected chi connectivity index (χ4v) is 1.75. The molecule has 0 saturated carbocycles. The van der Waals surface area contributed by atoms with Crippen molar-refractivity contribution in [2.24, 2.45) is 4.99 Å². The molecule has 0 spiro atoms. The van der Waals surface area contributed by atoms with Crippen molar-refractivity contribution in [1.82, 2.24) is 0 Å². The Bertz CT molecular complexity index is 466. The number of benzene rings is 1. The Hall–Kier alpha value is -1.74. The monoisotopic (exact) mass is 255 g/mol. The molecule has 3 nitrogen and oxygen atoms in total. The van der Waals surface area contributed by atoms with Crippen LogP contribution in [0.15, 0.2) is 17.1 Å². The van der Waals surface area contributed by atoms with Gasteiger partial charge in [-0.15, -0.1) is 0 Å². The number of nitrogens with zero attached hydrogens (tertiary/aromatic N) is 1. The van der Waals surface area contributed by atoms with Crippen LogP contribution < -0.4 is 4.74 Å². The SMILES string of the molecule is CCc1cc(OC(F)F)cc(C(C)C)c1N=C=O. The first kappa shape index (κ1) is 14.3. The highest BCUT2D eigenvalue weighted by Gasteiger charge is 2.15. The molecule has 0 fully saturated rings. The molecular weight excluding hydrogens is 240 g/mol. The molecule has 0 heterocycles. The number of carbonyl (C=O) groups excluding carboxylic acids is 1. The Kier molecular flexibility index (Phi) is 4.98. The number of aryl methyl sites for hydroxylation is 1. The molecule has 98 valence electrons. The van der Waals surface area contributed by atoms with Crippen LogP contribution in [0.4, 0.5) is 14.5 Å². The third-order valence-corrected chi connectivity index (χ3v) is 2.58. The minimum Gasteiger partial charge on any atom is -0.435 e. The van der Waals surface area contributed by atoms with E-state index in [0.717, 1.165) is 0 Å². The Labute approximate surface area is 104 Å². The van der Waals surface area contributed by atoms with Crippen LogP contribution in [0, 0.1) is 0 Å². The van der Waals surface area contributed by atoms with Crippen molar-refractivity contribution in [3.05, 3.63) is 23.3 Å². The van der Waals surface area contributed by atoms with E-state index < -0.39 is 6.61 Å². The lowest BCUT2D eigenvalue weighted by molar-refractivity contribution is -0.0499. The Balaban J connectivity index is 3.38. The van der Waals surface area contributed by atoms with Crippen molar-refractivity contribution in [1.29, 1.82) is 0 Å². The molecule has 0 amide bonds. The van der Waals surface area contributed by atoms with Crippen molar-refractivity contribution in [3.8, 4) is 5.75 Å². The van der Waals surface area contributed by atoms with Crippen LogP contribution in [0.25, 0.3) is 0 Å². The second kappa shape index (κ2) is 6.26. The summed E-state index contributed by atoms with van der Waals surface area (Å²) in [7, 11) is 0. The molecule has 18 heavy (non-hydrogen) atoms. The molecule has 0 saturated heterocycles. The number of aliphatic imine (C=N–C) groups is 1. The van der Waals surface area contributed by atoms with Gasteiger partial charge in [0.25, 0.3) is 0 Å². The lowest BCUT2D eigenvalue weighted by Crippen LogP contribution is -2.04. The number of hydrogen-bond donors (Lipinski definition) is 0. The largest absolute Gasteiger partial charge is 0.435 e. The molecule has 1 aromatic carbocycles. The third kappa shape index (κ3) is 3.37. The van der Waals surface area contributed by atoms with Crippen LogP contribution in [-0.2, 0) is 11.2 Å². The first-order valence-electron chi connectivity index (χ1n) is 5.69. The zero-order valence-corrected chi connectivity index (χ0v) is 10.5. The summed E-state index contributed by atoms with van der Waals surface area (Å²) in [5.41, 5.74) is 1.90.